The van der Waals surface area contributed by atoms with E-state index in [1.807, 2.05) is 4.90 Å². The molecule has 1 unspecified atom stereocenters. The Morgan fingerprint density at radius 3 is 2.90 bits per heavy atom. The zero-order valence-corrected chi connectivity index (χ0v) is 12.8. The maximum atomic E-state index is 12.5. The lowest BCUT2D eigenvalue weighted by atomic mass is 9.99. The number of amidine groups is 1. The summed E-state index contributed by atoms with van der Waals surface area (Å²) in [4.78, 5) is 16.1. The lowest BCUT2D eigenvalue weighted by Gasteiger charge is -2.33. The average molecular weight is 309 g/mol. The van der Waals surface area contributed by atoms with E-state index in [4.69, 9.17) is 0 Å². The molecule has 6 nitrogen and oxygen atoms in total. The maximum absolute atomic E-state index is 12.5. The van der Waals surface area contributed by atoms with E-state index in [0.717, 1.165) is 19.5 Å². The van der Waals surface area contributed by atoms with Crippen molar-refractivity contribution in [3.05, 3.63) is 23.9 Å². The largest absolute Gasteiger partial charge is 0.338 e. The molecule has 0 aliphatic carbocycles. The summed E-state index contributed by atoms with van der Waals surface area (Å²) in [5.74, 6) is 0.937. The van der Waals surface area contributed by atoms with Gasteiger partial charge in [-0.2, -0.15) is 0 Å². The SMILES string of the molecule is CC1CCCN(C(=O)C2=CN3CCS(=O)(=O)N=C3C=C2)C1. The van der Waals surface area contributed by atoms with Crippen LogP contribution in [0.5, 0.6) is 0 Å². The molecule has 1 amide bonds. The van der Waals surface area contributed by atoms with Crippen LogP contribution in [0.15, 0.2) is 28.3 Å². The van der Waals surface area contributed by atoms with Crippen molar-refractivity contribution in [2.24, 2.45) is 10.3 Å². The van der Waals surface area contributed by atoms with E-state index >= 15 is 0 Å². The number of carbonyl (C=O) groups is 1. The number of carbonyl (C=O) groups excluding carboxylic acids is 1. The van der Waals surface area contributed by atoms with Crippen molar-refractivity contribution in [3.8, 4) is 0 Å². The minimum Gasteiger partial charge on any atom is -0.338 e. The van der Waals surface area contributed by atoms with Gasteiger partial charge < -0.3 is 9.80 Å². The minimum absolute atomic E-state index is 0.0109. The fraction of sp³-hybridized carbons (Fsp3) is 0.571. The summed E-state index contributed by atoms with van der Waals surface area (Å²) in [5.41, 5.74) is 0.599. The van der Waals surface area contributed by atoms with Gasteiger partial charge in [-0.15, -0.1) is 4.40 Å². The molecule has 0 aromatic carbocycles. The monoisotopic (exact) mass is 309 g/mol. The summed E-state index contributed by atoms with van der Waals surface area (Å²) in [6, 6.07) is 0. The van der Waals surface area contributed by atoms with Crippen molar-refractivity contribution in [2.75, 3.05) is 25.4 Å². The molecular weight excluding hydrogens is 290 g/mol. The first-order chi connectivity index (χ1) is 9.94. The van der Waals surface area contributed by atoms with E-state index in [1.165, 1.54) is 6.42 Å². The number of fused-ring (bicyclic) bond motifs is 1. The van der Waals surface area contributed by atoms with E-state index in [-0.39, 0.29) is 11.7 Å². The third kappa shape index (κ3) is 3.02. The number of piperidine rings is 1. The minimum atomic E-state index is -3.35. The molecular formula is C14H19N3O3S. The molecule has 0 bridgehead atoms. The van der Waals surface area contributed by atoms with Crippen LogP contribution in [0.1, 0.15) is 19.8 Å². The van der Waals surface area contributed by atoms with Gasteiger partial charge in [-0.1, -0.05) is 6.92 Å². The van der Waals surface area contributed by atoms with E-state index in [1.54, 1.807) is 23.3 Å². The molecule has 7 heteroatoms. The zero-order chi connectivity index (χ0) is 15.0. The molecule has 0 spiro atoms. The molecule has 0 saturated carbocycles. The fourth-order valence-electron chi connectivity index (χ4n) is 2.88. The second-order valence-electron chi connectivity index (χ2n) is 5.85. The molecule has 1 saturated heterocycles. The fourth-order valence-corrected chi connectivity index (χ4v) is 3.85. The lowest BCUT2D eigenvalue weighted by molar-refractivity contribution is -0.128. The van der Waals surface area contributed by atoms with Crippen molar-refractivity contribution in [3.63, 3.8) is 0 Å². The second kappa shape index (κ2) is 5.29. The van der Waals surface area contributed by atoms with Gasteiger partial charge in [0.05, 0.1) is 11.3 Å². The predicted octanol–water partition coefficient (Wildman–Crippen LogP) is 0.743. The predicted molar refractivity (Wildman–Crippen MR) is 80.1 cm³/mol. The third-order valence-electron chi connectivity index (χ3n) is 4.02. The van der Waals surface area contributed by atoms with E-state index in [2.05, 4.69) is 11.3 Å². The number of hydrogen-bond donors (Lipinski definition) is 0. The van der Waals surface area contributed by atoms with Gasteiger partial charge in [0.25, 0.3) is 15.9 Å². The Kier molecular flexibility index (Phi) is 3.61. The molecule has 3 heterocycles. The van der Waals surface area contributed by atoms with Crippen molar-refractivity contribution < 1.29 is 13.2 Å². The topological polar surface area (TPSA) is 70.1 Å². The van der Waals surface area contributed by atoms with Crippen LogP contribution in [0.25, 0.3) is 0 Å². The lowest BCUT2D eigenvalue weighted by Crippen LogP contribution is -2.42. The Labute approximate surface area is 124 Å². The Morgan fingerprint density at radius 1 is 1.33 bits per heavy atom. The van der Waals surface area contributed by atoms with Crippen LogP contribution in [-0.2, 0) is 14.8 Å². The third-order valence-corrected chi connectivity index (χ3v) is 5.18. The molecule has 3 rings (SSSR count). The number of sulfonamides is 1. The van der Waals surface area contributed by atoms with Crippen LogP contribution in [-0.4, -0.2) is 55.3 Å². The molecule has 21 heavy (non-hydrogen) atoms. The van der Waals surface area contributed by atoms with Gasteiger partial charge in [0.2, 0.25) is 0 Å². The van der Waals surface area contributed by atoms with Crippen molar-refractivity contribution >= 4 is 21.8 Å². The maximum Gasteiger partial charge on any atom is 0.256 e. The molecule has 0 N–H and O–H groups in total. The molecule has 0 aromatic rings. The Hall–Kier alpha value is -1.63. The first kappa shape index (κ1) is 14.3. The van der Waals surface area contributed by atoms with Gasteiger partial charge in [-0.25, -0.2) is 8.42 Å². The van der Waals surface area contributed by atoms with Crippen LogP contribution < -0.4 is 0 Å². The van der Waals surface area contributed by atoms with Gasteiger partial charge in [0.1, 0.15) is 5.84 Å². The summed E-state index contributed by atoms with van der Waals surface area (Å²) in [5, 5.41) is 0. The summed E-state index contributed by atoms with van der Waals surface area (Å²) >= 11 is 0. The van der Waals surface area contributed by atoms with E-state index < -0.39 is 10.0 Å². The van der Waals surface area contributed by atoms with Gasteiger partial charge in [0.15, 0.2) is 0 Å². The standard InChI is InChI=1S/C14H19N3O3S/c1-11-3-2-6-17(9-11)14(18)12-4-5-13-15-21(19,20)8-7-16(13)10-12/h4-5,10-11H,2-3,6-9H2,1H3. The molecule has 1 fully saturated rings. The average Bonchev–Trinajstić information content (AvgIpc) is 2.45. The highest BCUT2D eigenvalue weighted by Gasteiger charge is 2.28. The number of amides is 1. The summed E-state index contributed by atoms with van der Waals surface area (Å²) in [6.45, 7) is 4.09. The molecule has 114 valence electrons. The van der Waals surface area contributed by atoms with E-state index in [9.17, 15) is 13.2 Å². The van der Waals surface area contributed by atoms with E-state index in [0.29, 0.717) is 23.9 Å². The highest BCUT2D eigenvalue weighted by Crippen LogP contribution is 2.21. The Morgan fingerprint density at radius 2 is 2.14 bits per heavy atom. The number of nitrogens with zero attached hydrogens (tertiary/aromatic N) is 3. The van der Waals surface area contributed by atoms with Crippen molar-refractivity contribution in [1.29, 1.82) is 0 Å². The molecule has 3 aliphatic heterocycles. The summed E-state index contributed by atoms with van der Waals surface area (Å²) in [7, 11) is -3.35. The van der Waals surface area contributed by atoms with Crippen LogP contribution in [0.3, 0.4) is 0 Å². The van der Waals surface area contributed by atoms with Crippen molar-refractivity contribution in [2.45, 2.75) is 19.8 Å². The van der Waals surface area contributed by atoms with Crippen LogP contribution in [0.4, 0.5) is 0 Å². The van der Waals surface area contributed by atoms with Gasteiger partial charge in [-0.3, -0.25) is 4.79 Å². The van der Waals surface area contributed by atoms with Crippen LogP contribution in [0.2, 0.25) is 0 Å². The van der Waals surface area contributed by atoms with Gasteiger partial charge in [-0.05, 0) is 30.9 Å². The Balaban J connectivity index is 1.78. The molecule has 3 aliphatic rings. The second-order valence-corrected chi connectivity index (χ2v) is 7.60. The smallest absolute Gasteiger partial charge is 0.256 e. The highest BCUT2D eigenvalue weighted by atomic mass is 32.2. The Bertz CT molecular complexity index is 648. The van der Waals surface area contributed by atoms with Crippen molar-refractivity contribution in [1.82, 2.24) is 9.80 Å². The first-order valence-electron chi connectivity index (χ1n) is 7.23. The molecule has 1 atom stereocenters. The van der Waals surface area contributed by atoms with Gasteiger partial charge >= 0.3 is 0 Å². The van der Waals surface area contributed by atoms with Crippen LogP contribution in [0, 0.1) is 5.92 Å². The normalized spacial score (nSPS) is 27.8. The quantitative estimate of drug-likeness (QED) is 0.716. The first-order valence-corrected chi connectivity index (χ1v) is 8.84. The number of likely N-dealkylation sites (tertiary alicyclic amines) is 1. The molecule has 0 radical (unpaired) electrons. The van der Waals surface area contributed by atoms with Gasteiger partial charge in [0, 0.05) is 25.8 Å². The summed E-state index contributed by atoms with van der Waals surface area (Å²) in [6.07, 6.45) is 7.20. The highest BCUT2D eigenvalue weighted by molar-refractivity contribution is 7.90. The molecule has 0 aromatic heterocycles. The van der Waals surface area contributed by atoms with Crippen LogP contribution >= 0.6 is 0 Å². The summed E-state index contributed by atoms with van der Waals surface area (Å²) < 4.78 is 26.6. The zero-order valence-electron chi connectivity index (χ0n) is 12.0. The number of rotatable bonds is 1. The number of hydrogen-bond acceptors (Lipinski definition) is 4.